The number of nitrogens with zero attached hydrogens (tertiary/aromatic N) is 4. The number of alkyl halides is 3. The molecule has 11 heteroatoms. The minimum atomic E-state index is -4.58. The van der Waals surface area contributed by atoms with E-state index in [-0.39, 0.29) is 17.1 Å². The average Bonchev–Trinajstić information content (AvgIpc) is 3.43. The molecule has 8 nitrogen and oxygen atoms in total. The molecular formula is C23H22F3N5O3. The van der Waals surface area contributed by atoms with Gasteiger partial charge in [-0.25, -0.2) is 9.97 Å². The summed E-state index contributed by atoms with van der Waals surface area (Å²) in [6.07, 6.45) is 2.52. The molecule has 0 bridgehead atoms. The molecule has 0 unspecified atom stereocenters. The summed E-state index contributed by atoms with van der Waals surface area (Å²) in [5.41, 5.74) is 3.52. The first-order chi connectivity index (χ1) is 16.1. The number of aromatic nitrogens is 4. The number of hydrogen-bond acceptors (Lipinski definition) is 5. The van der Waals surface area contributed by atoms with Crippen LogP contribution in [-0.4, -0.2) is 51.3 Å². The summed E-state index contributed by atoms with van der Waals surface area (Å²) in [6, 6.07) is 4.87. The molecule has 3 aromatic heterocycles. The summed E-state index contributed by atoms with van der Waals surface area (Å²) >= 11 is 0. The highest BCUT2D eigenvalue weighted by atomic mass is 19.4. The molecule has 0 radical (unpaired) electrons. The highest BCUT2D eigenvalue weighted by Gasteiger charge is 2.38. The van der Waals surface area contributed by atoms with Crippen molar-refractivity contribution in [1.29, 1.82) is 0 Å². The van der Waals surface area contributed by atoms with E-state index in [2.05, 4.69) is 9.97 Å². The molecule has 4 aromatic rings. The Bertz CT molecular complexity index is 1330. The Morgan fingerprint density at radius 1 is 1.09 bits per heavy atom. The van der Waals surface area contributed by atoms with Crippen molar-refractivity contribution in [3.8, 4) is 34.0 Å². The van der Waals surface area contributed by atoms with Crippen molar-refractivity contribution in [2.45, 2.75) is 19.1 Å². The molecular weight excluding hydrogens is 451 g/mol. The molecule has 1 amide bonds. The monoisotopic (exact) mass is 473 g/mol. The second kappa shape index (κ2) is 8.73. The number of carbonyl (C=O) groups is 1. The van der Waals surface area contributed by atoms with Crippen molar-refractivity contribution in [3.63, 3.8) is 0 Å². The summed E-state index contributed by atoms with van der Waals surface area (Å²) in [4.78, 5) is 21.5. The molecule has 0 aliphatic carbocycles. The molecule has 0 spiro atoms. The maximum Gasteiger partial charge on any atom is 0.408 e. The third-order valence-corrected chi connectivity index (χ3v) is 5.38. The van der Waals surface area contributed by atoms with Gasteiger partial charge in [0, 0.05) is 30.6 Å². The number of fused-ring (bicyclic) bond motifs is 1. The van der Waals surface area contributed by atoms with E-state index in [1.54, 1.807) is 24.7 Å². The van der Waals surface area contributed by atoms with Crippen molar-refractivity contribution >= 4 is 11.6 Å². The zero-order valence-corrected chi connectivity index (χ0v) is 18.8. The number of halogens is 3. The Labute approximate surface area is 193 Å². The summed E-state index contributed by atoms with van der Waals surface area (Å²) in [5.74, 6) is -0.814. The van der Waals surface area contributed by atoms with Gasteiger partial charge in [0.05, 0.1) is 38.1 Å². The van der Waals surface area contributed by atoms with E-state index in [1.165, 1.54) is 14.2 Å². The van der Waals surface area contributed by atoms with Gasteiger partial charge in [-0.2, -0.15) is 13.2 Å². The molecule has 0 aliphatic heterocycles. The van der Waals surface area contributed by atoms with E-state index in [0.717, 1.165) is 18.2 Å². The molecule has 0 saturated heterocycles. The highest BCUT2D eigenvalue weighted by molar-refractivity contribution is 6.01. The Balaban J connectivity index is 1.74. The average molecular weight is 473 g/mol. The molecule has 1 N–H and O–H groups in total. The summed E-state index contributed by atoms with van der Waals surface area (Å²) in [6.45, 7) is 0.864. The van der Waals surface area contributed by atoms with Crippen molar-refractivity contribution < 1.29 is 27.4 Å². The molecule has 3 heterocycles. The van der Waals surface area contributed by atoms with Gasteiger partial charge in [-0.05, 0) is 31.2 Å². The first-order valence-corrected chi connectivity index (χ1v) is 10.2. The lowest BCUT2D eigenvalue weighted by molar-refractivity contribution is -0.149. The second-order valence-corrected chi connectivity index (χ2v) is 7.70. The zero-order chi connectivity index (χ0) is 24.6. The molecule has 0 aliphatic rings. The summed E-state index contributed by atoms with van der Waals surface area (Å²) < 4.78 is 53.2. The van der Waals surface area contributed by atoms with Crippen LogP contribution in [0.25, 0.3) is 28.2 Å². The van der Waals surface area contributed by atoms with Gasteiger partial charge in [0.15, 0.2) is 0 Å². The maximum atomic E-state index is 12.9. The largest absolute Gasteiger partial charge is 0.496 e. The van der Waals surface area contributed by atoms with E-state index < -0.39 is 18.1 Å². The maximum absolute atomic E-state index is 12.9. The smallest absolute Gasteiger partial charge is 0.408 e. The third kappa shape index (κ3) is 4.28. The number of ether oxygens (including phenoxy) is 2. The van der Waals surface area contributed by atoms with Crippen LogP contribution < -0.4 is 14.8 Å². The van der Waals surface area contributed by atoms with Crippen LogP contribution in [0.2, 0.25) is 0 Å². The lowest BCUT2D eigenvalue weighted by Gasteiger charge is -2.20. The van der Waals surface area contributed by atoms with E-state index in [1.807, 2.05) is 45.9 Å². The Morgan fingerprint density at radius 3 is 2.32 bits per heavy atom. The van der Waals surface area contributed by atoms with Crippen LogP contribution in [-0.2, 0) is 7.05 Å². The normalized spacial score (nSPS) is 12.6. The fourth-order valence-corrected chi connectivity index (χ4v) is 3.55. The standard InChI is InChI=1S/C23H22F3N5O3/c1-13(23(24,25)26)29-22(32)21-18(33-3)7-15(8-19(21)34-4)17-10-27-20-9-14(5-6-31(17)20)16-11-30(2)12-28-16/h5-13H,1-4H3,(H,29,32)/t13-/m0/s1. The van der Waals surface area contributed by atoms with E-state index in [9.17, 15) is 18.0 Å². The molecule has 0 fully saturated rings. The number of amides is 1. The van der Waals surface area contributed by atoms with Crippen LogP contribution in [0.3, 0.4) is 0 Å². The SMILES string of the molecule is COc1cc(-c2cnc3cc(-c4cn(C)cn4)ccn23)cc(OC)c1C(=O)N[C@@H](C)C(F)(F)F. The van der Waals surface area contributed by atoms with Gasteiger partial charge >= 0.3 is 6.18 Å². The zero-order valence-electron chi connectivity index (χ0n) is 18.8. The fourth-order valence-electron chi connectivity index (χ4n) is 3.55. The summed E-state index contributed by atoms with van der Waals surface area (Å²) in [7, 11) is 4.55. The molecule has 0 saturated carbocycles. The van der Waals surface area contributed by atoms with Gasteiger partial charge < -0.3 is 19.4 Å². The quantitative estimate of drug-likeness (QED) is 0.456. The van der Waals surface area contributed by atoms with Crippen LogP contribution in [0.1, 0.15) is 17.3 Å². The van der Waals surface area contributed by atoms with Crippen LogP contribution in [0.5, 0.6) is 11.5 Å². The minimum absolute atomic E-state index is 0.0706. The van der Waals surface area contributed by atoms with Crippen LogP contribution in [0.15, 0.2) is 49.2 Å². The van der Waals surface area contributed by atoms with Gasteiger partial charge in [0.25, 0.3) is 5.91 Å². The lowest BCUT2D eigenvalue weighted by atomic mass is 10.1. The molecule has 1 atom stereocenters. The topological polar surface area (TPSA) is 82.7 Å². The number of pyridine rings is 1. The predicted molar refractivity (Wildman–Crippen MR) is 119 cm³/mol. The van der Waals surface area contributed by atoms with Crippen molar-refractivity contribution in [3.05, 3.63) is 54.7 Å². The number of carbonyl (C=O) groups excluding carboxylic acids is 1. The second-order valence-electron chi connectivity index (χ2n) is 7.70. The van der Waals surface area contributed by atoms with E-state index in [4.69, 9.17) is 9.47 Å². The number of rotatable bonds is 6. The first kappa shape index (κ1) is 23.1. The first-order valence-electron chi connectivity index (χ1n) is 10.2. The number of hydrogen-bond donors (Lipinski definition) is 1. The van der Waals surface area contributed by atoms with Gasteiger partial charge in [0.1, 0.15) is 28.8 Å². The molecule has 4 rings (SSSR count). The Kier molecular flexibility index (Phi) is 5.94. The third-order valence-electron chi connectivity index (χ3n) is 5.38. The van der Waals surface area contributed by atoms with Crippen LogP contribution in [0.4, 0.5) is 13.2 Å². The number of benzene rings is 1. The van der Waals surface area contributed by atoms with Gasteiger partial charge in [-0.15, -0.1) is 0 Å². The number of methoxy groups -OCH3 is 2. The molecule has 178 valence electrons. The van der Waals surface area contributed by atoms with Gasteiger partial charge in [-0.3, -0.25) is 9.20 Å². The van der Waals surface area contributed by atoms with Crippen LogP contribution >= 0.6 is 0 Å². The number of nitrogens with one attached hydrogen (secondary N) is 1. The molecule has 34 heavy (non-hydrogen) atoms. The highest BCUT2D eigenvalue weighted by Crippen LogP contribution is 2.36. The Morgan fingerprint density at radius 2 is 1.76 bits per heavy atom. The Hall–Kier alpha value is -4.02. The fraction of sp³-hybridized carbons (Fsp3) is 0.261. The number of aryl methyl sites for hydroxylation is 1. The van der Waals surface area contributed by atoms with Crippen molar-refractivity contribution in [2.75, 3.05) is 14.2 Å². The van der Waals surface area contributed by atoms with Gasteiger partial charge in [0.2, 0.25) is 0 Å². The minimum Gasteiger partial charge on any atom is -0.496 e. The van der Waals surface area contributed by atoms with Crippen molar-refractivity contribution in [1.82, 2.24) is 24.3 Å². The summed E-state index contributed by atoms with van der Waals surface area (Å²) in [5, 5.41) is 1.94. The van der Waals surface area contributed by atoms with E-state index >= 15 is 0 Å². The lowest BCUT2D eigenvalue weighted by Crippen LogP contribution is -2.43. The van der Waals surface area contributed by atoms with E-state index in [0.29, 0.717) is 16.9 Å². The van der Waals surface area contributed by atoms with Gasteiger partial charge in [-0.1, -0.05) is 0 Å². The predicted octanol–water partition coefficient (Wildman–Crippen LogP) is 4.10. The number of imidazole rings is 2. The van der Waals surface area contributed by atoms with Crippen molar-refractivity contribution in [2.24, 2.45) is 7.05 Å². The molecule has 1 aromatic carbocycles. The van der Waals surface area contributed by atoms with Crippen LogP contribution in [0, 0.1) is 0 Å².